The fraction of sp³-hybridized carbons (Fsp3) is 0.500. The van der Waals surface area contributed by atoms with Crippen LogP contribution in [0.15, 0.2) is 30.3 Å². The first kappa shape index (κ1) is 15.5. The van der Waals surface area contributed by atoms with Crippen molar-refractivity contribution in [2.45, 2.75) is 25.9 Å². The number of nitrogens with one attached hydrogen (secondary N) is 1. The molecule has 114 valence electrons. The summed E-state index contributed by atoms with van der Waals surface area (Å²) in [5.74, 6) is -0.0706. The predicted molar refractivity (Wildman–Crippen MR) is 79.8 cm³/mol. The number of aliphatic hydroxyl groups is 1. The maximum Gasteiger partial charge on any atom is 0.251 e. The zero-order chi connectivity index (χ0) is 15.5. The highest BCUT2D eigenvalue weighted by Crippen LogP contribution is 2.28. The fourth-order valence-corrected chi connectivity index (χ4v) is 2.29. The summed E-state index contributed by atoms with van der Waals surface area (Å²) < 4.78 is 0. The van der Waals surface area contributed by atoms with Gasteiger partial charge in [0, 0.05) is 18.5 Å². The molecule has 0 radical (unpaired) electrons. The van der Waals surface area contributed by atoms with Crippen LogP contribution in [0.2, 0.25) is 0 Å². The summed E-state index contributed by atoms with van der Waals surface area (Å²) in [4.78, 5) is 25.3. The molecule has 0 aliphatic carbocycles. The number of hydrogen-bond acceptors (Lipinski definition) is 3. The lowest BCUT2D eigenvalue weighted by Gasteiger charge is -2.49. The van der Waals surface area contributed by atoms with Crippen molar-refractivity contribution in [1.29, 1.82) is 0 Å². The quantitative estimate of drug-likeness (QED) is 0.851. The number of rotatable bonds is 5. The first-order valence-electron chi connectivity index (χ1n) is 7.26. The summed E-state index contributed by atoms with van der Waals surface area (Å²) >= 11 is 0. The summed E-state index contributed by atoms with van der Waals surface area (Å²) in [7, 11) is 0. The van der Waals surface area contributed by atoms with Crippen LogP contribution in [0.3, 0.4) is 0 Å². The lowest BCUT2D eigenvalue weighted by Crippen LogP contribution is -2.66. The molecule has 5 heteroatoms. The van der Waals surface area contributed by atoms with Gasteiger partial charge in [0.15, 0.2) is 0 Å². The van der Waals surface area contributed by atoms with E-state index in [1.165, 1.54) is 0 Å². The first-order chi connectivity index (χ1) is 9.92. The number of nitrogens with zero attached hydrogens (tertiary/aromatic N) is 1. The lowest BCUT2D eigenvalue weighted by atomic mass is 9.83. The molecule has 1 aromatic carbocycles. The van der Waals surface area contributed by atoms with Gasteiger partial charge in [-0.1, -0.05) is 32.0 Å². The Hall–Kier alpha value is -1.88. The zero-order valence-corrected chi connectivity index (χ0v) is 12.5. The molecule has 2 amide bonds. The Morgan fingerprint density at radius 1 is 1.29 bits per heavy atom. The Labute approximate surface area is 125 Å². The second kappa shape index (κ2) is 6.26. The van der Waals surface area contributed by atoms with Crippen molar-refractivity contribution in [1.82, 2.24) is 10.2 Å². The number of benzene rings is 1. The lowest BCUT2D eigenvalue weighted by molar-refractivity contribution is -0.163. The van der Waals surface area contributed by atoms with Gasteiger partial charge in [-0.25, -0.2) is 0 Å². The van der Waals surface area contributed by atoms with Crippen molar-refractivity contribution < 1.29 is 14.7 Å². The largest absolute Gasteiger partial charge is 0.386 e. The molecule has 1 aliphatic heterocycles. The molecule has 1 aliphatic rings. The molecule has 0 atom stereocenters. The number of carbonyl (C=O) groups is 2. The number of amides is 2. The van der Waals surface area contributed by atoms with Crippen molar-refractivity contribution in [3.8, 4) is 0 Å². The summed E-state index contributed by atoms with van der Waals surface area (Å²) in [6, 6.07) is 8.91. The number of carbonyl (C=O) groups excluding carboxylic acids is 2. The predicted octanol–water partition coefficient (Wildman–Crippen LogP) is 1.04. The van der Waals surface area contributed by atoms with Crippen LogP contribution in [0.25, 0.3) is 0 Å². The Balaban J connectivity index is 1.70. The van der Waals surface area contributed by atoms with Crippen LogP contribution in [0.5, 0.6) is 0 Å². The van der Waals surface area contributed by atoms with E-state index < -0.39 is 5.60 Å². The van der Waals surface area contributed by atoms with Gasteiger partial charge < -0.3 is 15.3 Å². The monoisotopic (exact) mass is 290 g/mol. The average molecular weight is 290 g/mol. The van der Waals surface area contributed by atoms with Crippen LogP contribution in [0.1, 0.15) is 30.6 Å². The molecule has 0 aromatic heterocycles. The first-order valence-corrected chi connectivity index (χ1v) is 7.26. The second-order valence-corrected chi connectivity index (χ2v) is 5.88. The third-order valence-electron chi connectivity index (χ3n) is 4.02. The highest BCUT2D eigenvalue weighted by Gasteiger charge is 2.45. The van der Waals surface area contributed by atoms with E-state index in [2.05, 4.69) is 5.32 Å². The maximum absolute atomic E-state index is 11.9. The van der Waals surface area contributed by atoms with Crippen molar-refractivity contribution in [3.05, 3.63) is 35.9 Å². The van der Waals surface area contributed by atoms with Crippen molar-refractivity contribution >= 4 is 11.8 Å². The summed E-state index contributed by atoms with van der Waals surface area (Å²) in [5.41, 5.74) is -0.161. The van der Waals surface area contributed by atoms with E-state index in [1.54, 1.807) is 29.2 Å². The van der Waals surface area contributed by atoms with Crippen molar-refractivity contribution in [2.75, 3.05) is 19.6 Å². The summed E-state index contributed by atoms with van der Waals surface area (Å²) in [6.07, 6.45) is 0.257. The number of β-amino-alcohol motifs (C(OH)–C–C–N with tert-alkyl or cyclic N) is 1. The van der Waals surface area contributed by atoms with Crippen LogP contribution < -0.4 is 5.32 Å². The van der Waals surface area contributed by atoms with E-state index in [9.17, 15) is 14.7 Å². The Morgan fingerprint density at radius 2 is 1.90 bits per heavy atom. The minimum Gasteiger partial charge on any atom is -0.386 e. The van der Waals surface area contributed by atoms with Gasteiger partial charge in [0.2, 0.25) is 5.91 Å². The minimum atomic E-state index is -0.747. The molecule has 1 heterocycles. The third-order valence-corrected chi connectivity index (χ3v) is 4.02. The molecule has 5 nitrogen and oxygen atoms in total. The molecule has 1 fully saturated rings. The van der Waals surface area contributed by atoms with Crippen LogP contribution in [-0.2, 0) is 4.79 Å². The minimum absolute atomic E-state index is 0.0336. The van der Waals surface area contributed by atoms with Crippen LogP contribution in [-0.4, -0.2) is 47.1 Å². The Kier molecular flexibility index (Phi) is 4.63. The number of likely N-dealkylation sites (tertiary alicyclic amines) is 1. The van der Waals surface area contributed by atoms with Gasteiger partial charge in [-0.05, 0) is 18.1 Å². The van der Waals surface area contributed by atoms with Gasteiger partial charge in [-0.2, -0.15) is 0 Å². The SMILES string of the molecule is CC(C)C1(O)CN(C(=O)CCNC(=O)c2ccccc2)C1. The zero-order valence-electron chi connectivity index (χ0n) is 12.5. The Morgan fingerprint density at radius 3 is 2.48 bits per heavy atom. The van der Waals surface area contributed by atoms with Gasteiger partial charge in [0.1, 0.15) is 5.60 Å². The molecule has 0 unspecified atom stereocenters. The van der Waals surface area contributed by atoms with E-state index >= 15 is 0 Å². The highest BCUT2D eigenvalue weighted by atomic mass is 16.3. The topological polar surface area (TPSA) is 69.6 Å². The van der Waals surface area contributed by atoms with Gasteiger partial charge >= 0.3 is 0 Å². The number of hydrogen-bond donors (Lipinski definition) is 2. The van der Waals surface area contributed by atoms with Crippen LogP contribution in [0.4, 0.5) is 0 Å². The van der Waals surface area contributed by atoms with Crippen molar-refractivity contribution in [2.24, 2.45) is 5.92 Å². The normalized spacial score (nSPS) is 16.5. The van der Waals surface area contributed by atoms with Gasteiger partial charge in [0.25, 0.3) is 5.91 Å². The smallest absolute Gasteiger partial charge is 0.251 e. The molecule has 2 N–H and O–H groups in total. The molecule has 21 heavy (non-hydrogen) atoms. The standard InChI is InChI=1S/C16H22N2O3/c1-12(2)16(21)10-18(11-16)14(19)8-9-17-15(20)13-6-4-3-5-7-13/h3-7,12,21H,8-11H2,1-2H3,(H,17,20). The molecular weight excluding hydrogens is 268 g/mol. The molecule has 0 saturated carbocycles. The molecule has 1 aromatic rings. The van der Waals surface area contributed by atoms with E-state index in [-0.39, 0.29) is 24.2 Å². The van der Waals surface area contributed by atoms with E-state index in [1.807, 2.05) is 19.9 Å². The second-order valence-electron chi connectivity index (χ2n) is 5.88. The summed E-state index contributed by atoms with van der Waals surface area (Å²) in [5, 5.41) is 12.8. The molecule has 2 rings (SSSR count). The van der Waals surface area contributed by atoms with E-state index in [0.29, 0.717) is 25.2 Å². The maximum atomic E-state index is 11.9. The third kappa shape index (κ3) is 3.61. The van der Waals surface area contributed by atoms with Gasteiger partial charge in [0.05, 0.1) is 13.1 Å². The van der Waals surface area contributed by atoms with E-state index in [4.69, 9.17) is 0 Å². The summed E-state index contributed by atoms with van der Waals surface area (Å²) in [6.45, 7) is 4.97. The highest BCUT2D eigenvalue weighted by molar-refractivity contribution is 5.94. The van der Waals surface area contributed by atoms with Gasteiger partial charge in [-0.15, -0.1) is 0 Å². The molecule has 1 saturated heterocycles. The Bertz CT molecular complexity index is 508. The molecule has 0 spiro atoms. The van der Waals surface area contributed by atoms with Crippen molar-refractivity contribution in [3.63, 3.8) is 0 Å². The van der Waals surface area contributed by atoms with E-state index in [0.717, 1.165) is 0 Å². The molecular formula is C16H22N2O3. The average Bonchev–Trinajstić information content (AvgIpc) is 2.44. The van der Waals surface area contributed by atoms with Gasteiger partial charge in [-0.3, -0.25) is 9.59 Å². The van der Waals surface area contributed by atoms with Crippen LogP contribution >= 0.6 is 0 Å². The van der Waals surface area contributed by atoms with Crippen LogP contribution in [0, 0.1) is 5.92 Å². The fourth-order valence-electron chi connectivity index (χ4n) is 2.29. The molecule has 0 bridgehead atoms.